The zero-order valence-electron chi connectivity index (χ0n) is 17.0. The number of hydrogen-bond acceptors (Lipinski definition) is 5. The lowest BCUT2D eigenvalue weighted by Crippen LogP contribution is -2.30. The number of rotatable bonds is 7. The lowest BCUT2D eigenvalue weighted by Gasteiger charge is -2.09. The van der Waals surface area contributed by atoms with Crippen LogP contribution in [-0.4, -0.2) is 36.0 Å². The summed E-state index contributed by atoms with van der Waals surface area (Å²) in [6.45, 7) is 4.45. The molecule has 0 bridgehead atoms. The first-order valence-electron chi connectivity index (χ1n) is 9.34. The van der Waals surface area contributed by atoms with Crippen molar-refractivity contribution in [3.8, 4) is 0 Å². The number of aryl methyl sites for hydroxylation is 1. The molecule has 0 aliphatic rings. The number of benzene rings is 1. The van der Waals surface area contributed by atoms with E-state index >= 15 is 0 Å². The van der Waals surface area contributed by atoms with Gasteiger partial charge in [0, 0.05) is 27.5 Å². The Morgan fingerprint density at radius 1 is 1.07 bits per heavy atom. The Balaban J connectivity index is 1.66. The molecule has 0 unspecified atom stereocenters. The molecule has 1 aromatic carbocycles. The molecule has 0 saturated carbocycles. The van der Waals surface area contributed by atoms with Crippen molar-refractivity contribution in [3.63, 3.8) is 0 Å². The SMILES string of the molecule is COC(=O)CNC(=O)c1ccc(NC(=O)c2cc(C)n(Cc3cccs3)c2C)cc1. The minimum absolute atomic E-state index is 0.199. The van der Waals surface area contributed by atoms with Gasteiger partial charge in [0.1, 0.15) is 6.54 Å². The lowest BCUT2D eigenvalue weighted by atomic mass is 10.1. The lowest BCUT2D eigenvalue weighted by molar-refractivity contribution is -0.139. The van der Waals surface area contributed by atoms with Crippen LogP contribution in [-0.2, 0) is 16.1 Å². The number of anilines is 1. The van der Waals surface area contributed by atoms with E-state index in [1.54, 1.807) is 35.6 Å². The molecule has 3 rings (SSSR count). The summed E-state index contributed by atoms with van der Waals surface area (Å²) in [5.41, 5.74) is 3.49. The first kappa shape index (κ1) is 21.3. The molecule has 0 fully saturated rings. The molecular formula is C22H23N3O4S. The minimum Gasteiger partial charge on any atom is -0.468 e. The fourth-order valence-electron chi connectivity index (χ4n) is 3.06. The highest BCUT2D eigenvalue weighted by atomic mass is 32.1. The fourth-order valence-corrected chi connectivity index (χ4v) is 3.76. The van der Waals surface area contributed by atoms with Gasteiger partial charge in [-0.2, -0.15) is 0 Å². The number of amides is 2. The highest BCUT2D eigenvalue weighted by Crippen LogP contribution is 2.20. The van der Waals surface area contributed by atoms with Crippen LogP contribution in [0, 0.1) is 13.8 Å². The third-order valence-electron chi connectivity index (χ3n) is 4.74. The van der Waals surface area contributed by atoms with Gasteiger partial charge in [-0.1, -0.05) is 6.07 Å². The van der Waals surface area contributed by atoms with E-state index in [0.29, 0.717) is 16.8 Å². The first-order valence-corrected chi connectivity index (χ1v) is 10.2. The zero-order valence-corrected chi connectivity index (χ0v) is 17.8. The topological polar surface area (TPSA) is 89.4 Å². The van der Waals surface area contributed by atoms with Crippen molar-refractivity contribution in [1.82, 2.24) is 9.88 Å². The maximum absolute atomic E-state index is 12.8. The molecule has 0 saturated heterocycles. The van der Waals surface area contributed by atoms with Gasteiger partial charge in [-0.15, -0.1) is 11.3 Å². The van der Waals surface area contributed by atoms with Crippen LogP contribution in [0.3, 0.4) is 0 Å². The molecular weight excluding hydrogens is 402 g/mol. The Hall–Kier alpha value is -3.39. The summed E-state index contributed by atoms with van der Waals surface area (Å²) in [7, 11) is 1.26. The van der Waals surface area contributed by atoms with Gasteiger partial charge in [-0.3, -0.25) is 14.4 Å². The Kier molecular flexibility index (Phi) is 6.68. The maximum atomic E-state index is 12.8. The van der Waals surface area contributed by atoms with Gasteiger partial charge in [0.05, 0.1) is 19.2 Å². The normalized spacial score (nSPS) is 10.5. The molecule has 0 aliphatic heterocycles. The van der Waals surface area contributed by atoms with Crippen molar-refractivity contribution in [2.45, 2.75) is 20.4 Å². The highest BCUT2D eigenvalue weighted by molar-refractivity contribution is 7.09. The molecule has 0 radical (unpaired) electrons. The summed E-state index contributed by atoms with van der Waals surface area (Å²) in [6.07, 6.45) is 0. The van der Waals surface area contributed by atoms with Crippen molar-refractivity contribution in [3.05, 3.63) is 75.2 Å². The average Bonchev–Trinajstić information content (AvgIpc) is 3.36. The van der Waals surface area contributed by atoms with Crippen LogP contribution < -0.4 is 10.6 Å². The Morgan fingerprint density at radius 3 is 2.43 bits per heavy atom. The van der Waals surface area contributed by atoms with Crippen molar-refractivity contribution in [2.75, 3.05) is 19.0 Å². The number of nitrogens with one attached hydrogen (secondary N) is 2. The molecule has 156 valence electrons. The molecule has 2 heterocycles. The standard InChI is InChI=1S/C22H23N3O4S/c1-14-11-19(15(2)25(14)13-18-5-4-10-30-18)22(28)24-17-8-6-16(7-9-17)21(27)23-12-20(26)29-3/h4-11H,12-13H2,1-3H3,(H,23,27)(H,24,28). The second kappa shape index (κ2) is 9.41. The van der Waals surface area contributed by atoms with Gasteiger partial charge in [-0.25, -0.2) is 0 Å². The van der Waals surface area contributed by atoms with Crippen molar-refractivity contribution >= 4 is 34.8 Å². The van der Waals surface area contributed by atoms with Gasteiger partial charge in [0.25, 0.3) is 11.8 Å². The summed E-state index contributed by atoms with van der Waals surface area (Å²) in [4.78, 5) is 37.1. The second-order valence-electron chi connectivity index (χ2n) is 6.74. The fraction of sp³-hybridized carbons (Fsp3) is 0.227. The number of ether oxygens (including phenoxy) is 1. The van der Waals surface area contributed by atoms with Crippen LogP contribution in [0.4, 0.5) is 5.69 Å². The molecule has 0 spiro atoms. The summed E-state index contributed by atoms with van der Waals surface area (Å²) < 4.78 is 6.61. The summed E-state index contributed by atoms with van der Waals surface area (Å²) in [6, 6.07) is 12.4. The number of thiophene rings is 1. The van der Waals surface area contributed by atoms with Gasteiger partial charge < -0.3 is 19.9 Å². The van der Waals surface area contributed by atoms with Crippen LogP contribution in [0.25, 0.3) is 0 Å². The summed E-state index contributed by atoms with van der Waals surface area (Å²) in [5.74, 6) is -1.12. The van der Waals surface area contributed by atoms with Crippen molar-refractivity contribution < 1.29 is 19.1 Å². The molecule has 0 aliphatic carbocycles. The van der Waals surface area contributed by atoms with Crippen LogP contribution in [0.1, 0.15) is 37.0 Å². The summed E-state index contributed by atoms with van der Waals surface area (Å²) >= 11 is 1.69. The van der Waals surface area contributed by atoms with E-state index in [-0.39, 0.29) is 12.5 Å². The van der Waals surface area contributed by atoms with E-state index in [2.05, 4.69) is 26.0 Å². The average molecular weight is 426 g/mol. The van der Waals surface area contributed by atoms with Crippen molar-refractivity contribution in [2.24, 2.45) is 0 Å². The predicted molar refractivity (Wildman–Crippen MR) is 116 cm³/mol. The molecule has 8 heteroatoms. The quantitative estimate of drug-likeness (QED) is 0.568. The molecule has 7 nitrogen and oxygen atoms in total. The number of aromatic nitrogens is 1. The van der Waals surface area contributed by atoms with Crippen molar-refractivity contribution in [1.29, 1.82) is 0 Å². The largest absolute Gasteiger partial charge is 0.468 e. The monoisotopic (exact) mass is 425 g/mol. The Morgan fingerprint density at radius 2 is 1.80 bits per heavy atom. The number of carbonyl (C=O) groups is 3. The second-order valence-corrected chi connectivity index (χ2v) is 7.77. The smallest absolute Gasteiger partial charge is 0.325 e. The van der Waals surface area contributed by atoms with Crippen LogP contribution >= 0.6 is 11.3 Å². The first-order chi connectivity index (χ1) is 14.4. The van der Waals surface area contributed by atoms with Crippen LogP contribution in [0.5, 0.6) is 0 Å². The Bertz CT molecular complexity index is 1050. The predicted octanol–water partition coefficient (Wildman–Crippen LogP) is 3.37. The zero-order chi connectivity index (χ0) is 21.7. The van der Waals surface area contributed by atoms with E-state index < -0.39 is 11.9 Å². The molecule has 2 N–H and O–H groups in total. The van der Waals surface area contributed by atoms with Gasteiger partial charge in [-0.05, 0) is 55.6 Å². The third kappa shape index (κ3) is 4.96. The van der Waals surface area contributed by atoms with E-state index in [1.807, 2.05) is 31.4 Å². The number of esters is 1. The van der Waals surface area contributed by atoms with Crippen LogP contribution in [0.2, 0.25) is 0 Å². The molecule has 0 atom stereocenters. The number of hydrogen-bond donors (Lipinski definition) is 2. The molecule has 3 aromatic rings. The number of carbonyl (C=O) groups excluding carboxylic acids is 3. The number of methoxy groups -OCH3 is 1. The third-order valence-corrected chi connectivity index (χ3v) is 5.60. The Labute approximate surface area is 178 Å². The minimum atomic E-state index is -0.524. The van der Waals surface area contributed by atoms with Gasteiger partial charge in [0.2, 0.25) is 0 Å². The number of nitrogens with zero attached hydrogens (tertiary/aromatic N) is 1. The summed E-state index contributed by atoms with van der Waals surface area (Å²) in [5, 5.41) is 7.37. The molecule has 2 amide bonds. The van der Waals surface area contributed by atoms with E-state index in [1.165, 1.54) is 12.0 Å². The maximum Gasteiger partial charge on any atom is 0.325 e. The van der Waals surface area contributed by atoms with E-state index in [4.69, 9.17) is 0 Å². The van der Waals surface area contributed by atoms with Crippen LogP contribution in [0.15, 0.2) is 47.8 Å². The van der Waals surface area contributed by atoms with E-state index in [9.17, 15) is 14.4 Å². The van der Waals surface area contributed by atoms with E-state index in [0.717, 1.165) is 17.9 Å². The highest BCUT2D eigenvalue weighted by Gasteiger charge is 2.16. The molecule has 30 heavy (non-hydrogen) atoms. The van der Waals surface area contributed by atoms with Gasteiger partial charge >= 0.3 is 5.97 Å². The van der Waals surface area contributed by atoms with Gasteiger partial charge in [0.15, 0.2) is 0 Å². The molecule has 2 aromatic heterocycles.